The van der Waals surface area contributed by atoms with Crippen molar-refractivity contribution in [2.75, 3.05) is 6.61 Å². The van der Waals surface area contributed by atoms with Gasteiger partial charge in [0.15, 0.2) is 0 Å². The molecule has 0 aromatic carbocycles. The number of nitrogens with one attached hydrogen (secondary N) is 1. The van der Waals surface area contributed by atoms with Gasteiger partial charge in [-0.05, 0) is 44.9 Å². The topological polar surface area (TPSA) is 69.6 Å². The first-order chi connectivity index (χ1) is 26.7. The Labute approximate surface area is 339 Å². The number of carbonyl (C=O) groups is 1. The van der Waals surface area contributed by atoms with Crippen molar-refractivity contribution in [3.05, 3.63) is 24.3 Å². The van der Waals surface area contributed by atoms with E-state index in [1.54, 1.807) is 0 Å². The molecule has 0 rings (SSSR count). The molecule has 2 atom stereocenters. The Morgan fingerprint density at radius 2 is 0.759 bits per heavy atom. The first-order valence-electron chi connectivity index (χ1n) is 24.5. The van der Waals surface area contributed by atoms with Crippen molar-refractivity contribution < 1.29 is 15.0 Å². The van der Waals surface area contributed by atoms with Gasteiger partial charge in [-0.25, -0.2) is 0 Å². The molecule has 0 aromatic heterocycles. The van der Waals surface area contributed by atoms with Crippen molar-refractivity contribution in [1.82, 2.24) is 5.32 Å². The number of hydrogen-bond acceptors (Lipinski definition) is 3. The van der Waals surface area contributed by atoms with Gasteiger partial charge in [-0.15, -0.1) is 0 Å². The molecule has 0 bridgehead atoms. The molecule has 4 heteroatoms. The Bertz CT molecular complexity index is 780. The molecular weight excluding hydrogens is 663 g/mol. The summed E-state index contributed by atoms with van der Waals surface area (Å²) in [6.45, 7) is 4.22. The van der Waals surface area contributed by atoms with Gasteiger partial charge in [0.1, 0.15) is 0 Å². The van der Waals surface area contributed by atoms with E-state index in [4.69, 9.17) is 0 Å². The number of aliphatic hydroxyl groups excluding tert-OH is 2. The van der Waals surface area contributed by atoms with E-state index in [1.807, 2.05) is 0 Å². The van der Waals surface area contributed by atoms with Gasteiger partial charge in [-0.1, -0.05) is 244 Å². The fraction of sp³-hybridized carbons (Fsp3) is 0.900. The van der Waals surface area contributed by atoms with Crippen LogP contribution in [0.3, 0.4) is 0 Å². The van der Waals surface area contributed by atoms with Crippen molar-refractivity contribution in [3.63, 3.8) is 0 Å². The van der Waals surface area contributed by atoms with Crippen molar-refractivity contribution in [2.45, 2.75) is 283 Å². The number of aliphatic hydroxyl groups is 2. The predicted octanol–water partition coefficient (Wildman–Crippen LogP) is 15.6. The van der Waals surface area contributed by atoms with E-state index < -0.39 is 12.1 Å². The Morgan fingerprint density at radius 3 is 1.11 bits per heavy atom. The third kappa shape index (κ3) is 42.0. The van der Waals surface area contributed by atoms with Crippen LogP contribution >= 0.6 is 0 Å². The summed E-state index contributed by atoms with van der Waals surface area (Å²) in [4.78, 5) is 12.2. The van der Waals surface area contributed by atoms with Crippen LogP contribution in [0.2, 0.25) is 0 Å². The van der Waals surface area contributed by atoms with Crippen LogP contribution in [0.25, 0.3) is 0 Å². The van der Waals surface area contributed by atoms with Crippen LogP contribution in [-0.4, -0.2) is 34.9 Å². The molecule has 0 aromatic rings. The fourth-order valence-corrected chi connectivity index (χ4v) is 7.69. The van der Waals surface area contributed by atoms with Gasteiger partial charge in [0, 0.05) is 6.42 Å². The quantitative estimate of drug-likeness (QED) is 0.0428. The lowest BCUT2D eigenvalue weighted by Gasteiger charge is -2.22. The minimum absolute atomic E-state index is 0.0388. The summed E-state index contributed by atoms with van der Waals surface area (Å²) in [7, 11) is 0. The van der Waals surface area contributed by atoms with E-state index in [2.05, 4.69) is 43.5 Å². The summed E-state index contributed by atoms with van der Waals surface area (Å²) in [5, 5.41) is 22.6. The maximum Gasteiger partial charge on any atom is 0.220 e. The molecule has 0 spiro atoms. The predicted molar refractivity (Wildman–Crippen MR) is 239 cm³/mol. The lowest BCUT2D eigenvalue weighted by atomic mass is 10.0. The largest absolute Gasteiger partial charge is 0.394 e. The van der Waals surface area contributed by atoms with Gasteiger partial charge in [0.25, 0.3) is 0 Å². The average molecular weight is 760 g/mol. The van der Waals surface area contributed by atoms with Crippen LogP contribution in [0, 0.1) is 0 Å². The summed E-state index contributed by atoms with van der Waals surface area (Å²) in [6.07, 6.45) is 60.9. The van der Waals surface area contributed by atoms with Crippen molar-refractivity contribution in [3.8, 4) is 0 Å². The zero-order chi connectivity index (χ0) is 39.3. The van der Waals surface area contributed by atoms with Gasteiger partial charge < -0.3 is 15.5 Å². The standard InChI is InChI=1S/C50H97NO3/c1-3-5-7-8-9-10-11-12-13-14-15-16-17-18-19-20-21-22-23-24-25-26-27-28-29-30-31-32-33-34-35-36-37-38-39-40-41-42-44-46-50(54)51-48(47-52)49(53)45-43-6-4-2/h11-12,14-15,48-49,52-53H,3-10,13,16-47H2,1-2H3,(H,51,54)/b12-11-,15-14-. The molecule has 54 heavy (non-hydrogen) atoms. The van der Waals surface area contributed by atoms with E-state index >= 15 is 0 Å². The SMILES string of the molecule is CCCCCCC/C=C\C/C=C\CCCCCCCCCCCCCCCCCCCCCCCCCCCCCC(=O)NC(CO)C(O)CCCCC. The second-order valence-corrected chi connectivity index (χ2v) is 16.9. The lowest BCUT2D eigenvalue weighted by molar-refractivity contribution is -0.123. The van der Waals surface area contributed by atoms with Crippen molar-refractivity contribution >= 4 is 5.91 Å². The summed E-state index contributed by atoms with van der Waals surface area (Å²) in [5.74, 6) is -0.0388. The van der Waals surface area contributed by atoms with E-state index in [9.17, 15) is 15.0 Å². The van der Waals surface area contributed by atoms with Crippen LogP contribution < -0.4 is 5.32 Å². The highest BCUT2D eigenvalue weighted by Crippen LogP contribution is 2.17. The van der Waals surface area contributed by atoms with Gasteiger partial charge in [-0.3, -0.25) is 4.79 Å². The molecule has 320 valence electrons. The first-order valence-corrected chi connectivity index (χ1v) is 24.5. The van der Waals surface area contributed by atoms with Gasteiger partial charge >= 0.3 is 0 Å². The third-order valence-corrected chi connectivity index (χ3v) is 11.5. The number of rotatable bonds is 45. The highest BCUT2D eigenvalue weighted by Gasteiger charge is 2.19. The van der Waals surface area contributed by atoms with Crippen LogP contribution in [-0.2, 0) is 4.79 Å². The number of allylic oxidation sites excluding steroid dienone is 4. The molecule has 1 amide bonds. The second kappa shape index (κ2) is 46.3. The van der Waals surface area contributed by atoms with Gasteiger partial charge in [-0.2, -0.15) is 0 Å². The molecule has 2 unspecified atom stereocenters. The molecule has 0 radical (unpaired) electrons. The molecule has 3 N–H and O–H groups in total. The number of carbonyl (C=O) groups excluding carboxylic acids is 1. The summed E-state index contributed by atoms with van der Waals surface area (Å²) >= 11 is 0. The molecule has 0 heterocycles. The number of hydrogen-bond donors (Lipinski definition) is 3. The number of unbranched alkanes of at least 4 members (excludes halogenated alkanes) is 34. The molecular formula is C50H97NO3. The smallest absolute Gasteiger partial charge is 0.220 e. The van der Waals surface area contributed by atoms with E-state index in [0.29, 0.717) is 12.8 Å². The Balaban J connectivity index is 3.25. The first kappa shape index (κ1) is 52.9. The van der Waals surface area contributed by atoms with E-state index in [0.717, 1.165) is 38.5 Å². The van der Waals surface area contributed by atoms with E-state index in [1.165, 1.54) is 205 Å². The summed E-state index contributed by atoms with van der Waals surface area (Å²) in [5.41, 5.74) is 0. The minimum atomic E-state index is -0.651. The highest BCUT2D eigenvalue weighted by molar-refractivity contribution is 5.76. The Kier molecular flexibility index (Phi) is 45.3. The molecule has 4 nitrogen and oxygen atoms in total. The van der Waals surface area contributed by atoms with Crippen LogP contribution in [0.15, 0.2) is 24.3 Å². The van der Waals surface area contributed by atoms with Crippen LogP contribution in [0.1, 0.15) is 271 Å². The minimum Gasteiger partial charge on any atom is -0.394 e. The molecule has 0 saturated carbocycles. The van der Waals surface area contributed by atoms with Gasteiger partial charge in [0.2, 0.25) is 5.91 Å². The van der Waals surface area contributed by atoms with Gasteiger partial charge in [0.05, 0.1) is 18.8 Å². The molecule has 0 saturated heterocycles. The molecule has 0 fully saturated rings. The fourth-order valence-electron chi connectivity index (χ4n) is 7.69. The average Bonchev–Trinajstić information content (AvgIpc) is 3.17. The lowest BCUT2D eigenvalue weighted by Crippen LogP contribution is -2.45. The Morgan fingerprint density at radius 1 is 0.444 bits per heavy atom. The number of amides is 1. The highest BCUT2D eigenvalue weighted by atomic mass is 16.3. The summed E-state index contributed by atoms with van der Waals surface area (Å²) in [6, 6.07) is -0.528. The maximum absolute atomic E-state index is 12.2. The monoisotopic (exact) mass is 760 g/mol. The molecule has 0 aliphatic heterocycles. The zero-order valence-corrected chi connectivity index (χ0v) is 36.8. The second-order valence-electron chi connectivity index (χ2n) is 16.9. The van der Waals surface area contributed by atoms with Crippen LogP contribution in [0.4, 0.5) is 0 Å². The Hall–Kier alpha value is -1.13. The van der Waals surface area contributed by atoms with Crippen molar-refractivity contribution in [2.24, 2.45) is 0 Å². The maximum atomic E-state index is 12.2. The van der Waals surface area contributed by atoms with Crippen molar-refractivity contribution in [1.29, 1.82) is 0 Å². The molecule has 0 aliphatic carbocycles. The van der Waals surface area contributed by atoms with E-state index in [-0.39, 0.29) is 12.5 Å². The normalized spacial score (nSPS) is 13.0. The third-order valence-electron chi connectivity index (χ3n) is 11.5. The van der Waals surface area contributed by atoms with Crippen LogP contribution in [0.5, 0.6) is 0 Å². The summed E-state index contributed by atoms with van der Waals surface area (Å²) < 4.78 is 0. The molecule has 0 aliphatic rings. The zero-order valence-electron chi connectivity index (χ0n) is 36.8.